The number of carbonyl (C=O) groups excluding carboxylic acids is 5. The fraction of sp³-hybridized carbons (Fsp3) is 0.237. The van der Waals surface area contributed by atoms with E-state index in [-0.39, 0.29) is 19.4 Å². The van der Waals surface area contributed by atoms with Crippen LogP contribution in [0.25, 0.3) is 0 Å². The Kier molecular flexibility index (Phi) is 14.4. The van der Waals surface area contributed by atoms with Crippen LogP contribution in [0.1, 0.15) is 22.3 Å². The van der Waals surface area contributed by atoms with Crippen molar-refractivity contribution >= 4 is 29.8 Å². The average molecular weight is 681 g/mol. The van der Waals surface area contributed by atoms with Gasteiger partial charge in [0.25, 0.3) is 0 Å². The number of amides is 4. The summed E-state index contributed by atoms with van der Waals surface area (Å²) in [6.45, 7) is -0.520. The van der Waals surface area contributed by atoms with Gasteiger partial charge < -0.3 is 35.5 Å². The number of nitrogens with one attached hydrogen (secondary N) is 4. The van der Waals surface area contributed by atoms with Crippen LogP contribution >= 0.6 is 0 Å². The maximum Gasteiger partial charge on any atom is 0.408 e. The number of esters is 1. The lowest BCUT2D eigenvalue weighted by Gasteiger charge is -2.19. The Hall–Kier alpha value is -6.17. The van der Waals surface area contributed by atoms with Crippen LogP contribution in [0.15, 0.2) is 115 Å². The summed E-state index contributed by atoms with van der Waals surface area (Å²) in [4.78, 5) is 63.3. The molecule has 0 bridgehead atoms. The van der Waals surface area contributed by atoms with E-state index in [1.807, 2.05) is 78.9 Å². The van der Waals surface area contributed by atoms with Crippen LogP contribution in [-0.4, -0.2) is 62.1 Å². The maximum absolute atomic E-state index is 13.2. The van der Waals surface area contributed by atoms with Crippen molar-refractivity contribution in [2.45, 2.75) is 38.1 Å². The zero-order chi connectivity index (χ0) is 35.6. The van der Waals surface area contributed by atoms with E-state index >= 15 is 0 Å². The van der Waals surface area contributed by atoms with Crippen LogP contribution in [0, 0.1) is 0 Å². The van der Waals surface area contributed by atoms with Crippen molar-refractivity contribution in [1.29, 1.82) is 0 Å². The SMILES string of the molecule is COC(=O)[C@H](Cc1ccccc1)NC(=O)CNC(=O)CNC(=O)[C@H](Cc1ccc(OCc2ccccc2)cc1)NC(=O)OCc1ccccc1. The van der Waals surface area contributed by atoms with Crippen LogP contribution in [-0.2, 0) is 54.7 Å². The van der Waals surface area contributed by atoms with Crippen molar-refractivity contribution in [1.82, 2.24) is 21.3 Å². The fourth-order valence-electron chi connectivity index (χ4n) is 4.78. The standard InChI is InChI=1S/C38H40N4O8/c1-48-37(46)33(22-27-11-5-2-6-12-27)41-35(44)24-39-34(43)23-40-36(45)32(42-38(47)50-26-30-15-9-4-10-16-30)21-28-17-19-31(20-18-28)49-25-29-13-7-3-8-14-29/h2-20,32-33H,21-26H2,1H3,(H,39,43)(H,40,45)(H,41,44)(H,42,47)/t32-,33-/m0/s1. The molecule has 50 heavy (non-hydrogen) atoms. The van der Waals surface area contributed by atoms with Crippen molar-refractivity contribution in [3.05, 3.63) is 138 Å². The van der Waals surface area contributed by atoms with E-state index in [9.17, 15) is 24.0 Å². The molecule has 4 amide bonds. The number of alkyl carbamates (subject to hydrolysis) is 1. The third-order valence-corrected chi connectivity index (χ3v) is 7.41. The highest BCUT2D eigenvalue weighted by Gasteiger charge is 2.24. The van der Waals surface area contributed by atoms with Crippen LogP contribution in [0.5, 0.6) is 5.75 Å². The van der Waals surface area contributed by atoms with Gasteiger partial charge in [0.15, 0.2) is 0 Å². The molecule has 4 aromatic carbocycles. The van der Waals surface area contributed by atoms with E-state index in [1.54, 1.807) is 36.4 Å². The van der Waals surface area contributed by atoms with Gasteiger partial charge in [0, 0.05) is 12.8 Å². The van der Waals surface area contributed by atoms with Crippen molar-refractivity contribution in [2.24, 2.45) is 0 Å². The third kappa shape index (κ3) is 12.8. The summed E-state index contributed by atoms with van der Waals surface area (Å²) in [5, 5.41) is 10.1. The Morgan fingerprint density at radius 3 is 1.68 bits per heavy atom. The van der Waals surface area contributed by atoms with Gasteiger partial charge in [-0.05, 0) is 34.4 Å². The predicted molar refractivity (Wildman–Crippen MR) is 185 cm³/mol. The molecule has 0 radical (unpaired) electrons. The number of hydrogen-bond acceptors (Lipinski definition) is 8. The van der Waals surface area contributed by atoms with Gasteiger partial charge >= 0.3 is 12.1 Å². The van der Waals surface area contributed by atoms with E-state index < -0.39 is 55.0 Å². The average Bonchev–Trinajstić information content (AvgIpc) is 3.15. The van der Waals surface area contributed by atoms with Crippen molar-refractivity contribution in [2.75, 3.05) is 20.2 Å². The monoisotopic (exact) mass is 680 g/mol. The van der Waals surface area contributed by atoms with Gasteiger partial charge in [0.1, 0.15) is 31.0 Å². The number of benzene rings is 4. The smallest absolute Gasteiger partial charge is 0.408 e. The maximum atomic E-state index is 13.2. The van der Waals surface area contributed by atoms with Crippen molar-refractivity contribution in [3.63, 3.8) is 0 Å². The molecule has 4 aromatic rings. The molecule has 0 aliphatic heterocycles. The fourth-order valence-corrected chi connectivity index (χ4v) is 4.78. The number of rotatable bonds is 17. The predicted octanol–water partition coefficient (Wildman–Crippen LogP) is 3.24. The second kappa shape index (κ2) is 19.6. The van der Waals surface area contributed by atoms with Crippen LogP contribution in [0.3, 0.4) is 0 Å². The Balaban J connectivity index is 1.30. The molecule has 260 valence electrons. The summed E-state index contributed by atoms with van der Waals surface area (Å²) < 4.78 is 16.0. The first-order chi connectivity index (χ1) is 24.3. The van der Waals surface area contributed by atoms with E-state index in [4.69, 9.17) is 14.2 Å². The summed E-state index contributed by atoms with van der Waals surface area (Å²) in [6.07, 6.45) is -0.519. The Morgan fingerprint density at radius 2 is 1.08 bits per heavy atom. The van der Waals surface area contributed by atoms with Crippen LogP contribution in [0.4, 0.5) is 4.79 Å². The normalized spacial score (nSPS) is 11.6. The first kappa shape index (κ1) is 36.7. The van der Waals surface area contributed by atoms with E-state index in [1.165, 1.54) is 7.11 Å². The topological polar surface area (TPSA) is 161 Å². The minimum atomic E-state index is -1.09. The minimum absolute atomic E-state index is 0.00111. The first-order valence-electron chi connectivity index (χ1n) is 16.0. The number of carbonyl (C=O) groups is 5. The Morgan fingerprint density at radius 1 is 0.560 bits per heavy atom. The van der Waals surface area contributed by atoms with Gasteiger partial charge in [0.05, 0.1) is 20.2 Å². The Labute approximate surface area is 290 Å². The molecule has 0 aromatic heterocycles. The van der Waals surface area contributed by atoms with Crippen LogP contribution in [0.2, 0.25) is 0 Å². The molecule has 0 aliphatic carbocycles. The zero-order valence-electron chi connectivity index (χ0n) is 27.6. The van der Waals surface area contributed by atoms with Gasteiger partial charge in [-0.2, -0.15) is 0 Å². The molecule has 0 spiro atoms. The first-order valence-corrected chi connectivity index (χ1v) is 16.0. The molecule has 0 saturated heterocycles. The van der Waals surface area contributed by atoms with Gasteiger partial charge in [-0.1, -0.05) is 103 Å². The van der Waals surface area contributed by atoms with Gasteiger partial charge in [-0.15, -0.1) is 0 Å². The molecule has 0 fully saturated rings. The van der Waals surface area contributed by atoms with E-state index in [2.05, 4.69) is 21.3 Å². The van der Waals surface area contributed by atoms with Gasteiger partial charge in [-0.25, -0.2) is 9.59 Å². The zero-order valence-corrected chi connectivity index (χ0v) is 27.6. The van der Waals surface area contributed by atoms with Gasteiger partial charge in [0.2, 0.25) is 17.7 Å². The molecule has 0 heterocycles. The second-order valence-corrected chi connectivity index (χ2v) is 11.2. The van der Waals surface area contributed by atoms with Crippen molar-refractivity contribution in [3.8, 4) is 5.75 Å². The summed E-state index contributed by atoms with van der Waals surface area (Å²) in [6, 6.07) is 32.9. The molecule has 2 atom stereocenters. The highest BCUT2D eigenvalue weighted by molar-refractivity contribution is 5.92. The molecule has 12 heteroatoms. The number of methoxy groups -OCH3 is 1. The van der Waals surface area contributed by atoms with Crippen LogP contribution < -0.4 is 26.0 Å². The summed E-state index contributed by atoms with van der Waals surface area (Å²) in [7, 11) is 1.22. The Bertz CT molecular complexity index is 1690. The molecule has 0 unspecified atom stereocenters. The molecule has 4 N–H and O–H groups in total. The third-order valence-electron chi connectivity index (χ3n) is 7.41. The number of ether oxygens (including phenoxy) is 3. The lowest BCUT2D eigenvalue weighted by molar-refractivity contribution is -0.145. The second-order valence-electron chi connectivity index (χ2n) is 11.2. The molecule has 12 nitrogen and oxygen atoms in total. The lowest BCUT2D eigenvalue weighted by Crippen LogP contribution is -2.51. The number of hydrogen-bond donors (Lipinski definition) is 4. The van der Waals surface area contributed by atoms with Crippen molar-refractivity contribution < 1.29 is 38.2 Å². The highest BCUT2D eigenvalue weighted by Crippen LogP contribution is 2.16. The van der Waals surface area contributed by atoms with E-state index in [0.717, 1.165) is 22.3 Å². The molecular weight excluding hydrogens is 640 g/mol. The summed E-state index contributed by atoms with van der Waals surface area (Å²) >= 11 is 0. The van der Waals surface area contributed by atoms with Gasteiger partial charge in [-0.3, -0.25) is 14.4 Å². The van der Waals surface area contributed by atoms with E-state index in [0.29, 0.717) is 12.4 Å². The molecule has 0 aliphatic rings. The minimum Gasteiger partial charge on any atom is -0.489 e. The largest absolute Gasteiger partial charge is 0.489 e. The molecule has 4 rings (SSSR count). The summed E-state index contributed by atoms with van der Waals surface area (Å²) in [5.74, 6) is -1.91. The highest BCUT2D eigenvalue weighted by atomic mass is 16.5. The molecular formula is C38H40N4O8. The summed E-state index contributed by atoms with van der Waals surface area (Å²) in [5.41, 5.74) is 3.32. The molecule has 0 saturated carbocycles. The quantitative estimate of drug-likeness (QED) is 0.124. The lowest BCUT2D eigenvalue weighted by atomic mass is 10.1.